The average molecular weight is 459 g/mol. The van der Waals surface area contributed by atoms with Crippen LogP contribution in [0.3, 0.4) is 0 Å². The van der Waals surface area contributed by atoms with Crippen molar-refractivity contribution in [3.05, 3.63) is 29.8 Å². The fourth-order valence-electron chi connectivity index (χ4n) is 3.99. The Hall–Kier alpha value is -2.37. The lowest BCUT2D eigenvalue weighted by Crippen LogP contribution is -2.58. The first-order valence-corrected chi connectivity index (χ1v) is 10.6. The molecule has 0 bridgehead atoms. The number of nitrogens with zero attached hydrogens (tertiary/aromatic N) is 1. The zero-order valence-corrected chi connectivity index (χ0v) is 17.7. The zero-order chi connectivity index (χ0) is 23.3. The number of anilines is 1. The molecular formula is C21H28F3N3O5. The van der Waals surface area contributed by atoms with Gasteiger partial charge in [-0.2, -0.15) is 13.2 Å². The molecule has 8 nitrogen and oxygen atoms in total. The highest BCUT2D eigenvalue weighted by Gasteiger charge is 2.40. The summed E-state index contributed by atoms with van der Waals surface area (Å²) in [6.07, 6.45) is -4.90. The number of urea groups is 1. The summed E-state index contributed by atoms with van der Waals surface area (Å²) in [6.45, 7) is 2.50. The van der Waals surface area contributed by atoms with Crippen molar-refractivity contribution < 1.29 is 37.3 Å². The van der Waals surface area contributed by atoms with Gasteiger partial charge in [-0.3, -0.25) is 4.79 Å². The van der Waals surface area contributed by atoms with Crippen LogP contribution in [0.1, 0.15) is 31.7 Å². The van der Waals surface area contributed by atoms with Gasteiger partial charge >= 0.3 is 12.2 Å². The minimum atomic E-state index is -4.47. The molecule has 32 heavy (non-hydrogen) atoms. The highest BCUT2D eigenvalue weighted by atomic mass is 19.4. The summed E-state index contributed by atoms with van der Waals surface area (Å²) in [6, 6.07) is 3.19. The molecule has 0 saturated carbocycles. The fraction of sp³-hybridized carbons (Fsp3) is 0.619. The second kappa shape index (κ2) is 10.5. The van der Waals surface area contributed by atoms with Gasteiger partial charge in [0.05, 0.1) is 50.0 Å². The molecule has 2 aliphatic heterocycles. The van der Waals surface area contributed by atoms with Crippen LogP contribution >= 0.6 is 0 Å². The monoisotopic (exact) mass is 459 g/mol. The van der Waals surface area contributed by atoms with E-state index in [1.165, 1.54) is 17.0 Å². The first kappa shape index (κ1) is 24.3. The van der Waals surface area contributed by atoms with Gasteiger partial charge in [0.1, 0.15) is 6.10 Å². The van der Waals surface area contributed by atoms with Crippen LogP contribution in [-0.4, -0.2) is 72.6 Å². The van der Waals surface area contributed by atoms with E-state index in [0.717, 1.165) is 12.1 Å². The molecule has 0 unspecified atom stereocenters. The molecule has 3 amide bonds. The third-order valence-electron chi connectivity index (χ3n) is 5.49. The summed E-state index contributed by atoms with van der Waals surface area (Å²) < 4.78 is 49.8. The first-order valence-electron chi connectivity index (χ1n) is 10.6. The SMILES string of the molecule is CCNC(=O)C[C@@H]1CC[C@@H]2[C@H](COC[C@H](O)CN2C(=O)Nc2ccc(C(F)(F)F)cc2)O1. The number of ether oxygens (including phenoxy) is 2. The molecule has 2 aliphatic rings. The molecule has 0 spiro atoms. The Morgan fingerprint density at radius 1 is 1.19 bits per heavy atom. The van der Waals surface area contributed by atoms with E-state index in [4.69, 9.17) is 9.47 Å². The van der Waals surface area contributed by atoms with Gasteiger partial charge < -0.3 is 30.1 Å². The van der Waals surface area contributed by atoms with E-state index in [9.17, 15) is 27.9 Å². The quantitative estimate of drug-likeness (QED) is 0.642. The molecule has 1 aromatic rings. The van der Waals surface area contributed by atoms with Crippen molar-refractivity contribution in [2.24, 2.45) is 0 Å². The lowest BCUT2D eigenvalue weighted by atomic mass is 9.95. The molecule has 0 radical (unpaired) electrons. The summed E-state index contributed by atoms with van der Waals surface area (Å²) in [7, 11) is 0. The van der Waals surface area contributed by atoms with E-state index in [-0.39, 0.29) is 43.9 Å². The lowest BCUT2D eigenvalue weighted by Gasteiger charge is -2.44. The van der Waals surface area contributed by atoms with Crippen molar-refractivity contribution in [2.45, 2.75) is 56.7 Å². The van der Waals surface area contributed by atoms with E-state index in [2.05, 4.69) is 10.6 Å². The van der Waals surface area contributed by atoms with Crippen LogP contribution in [0, 0.1) is 0 Å². The van der Waals surface area contributed by atoms with Crippen LogP contribution in [0.15, 0.2) is 24.3 Å². The van der Waals surface area contributed by atoms with Crippen LogP contribution in [0.25, 0.3) is 0 Å². The van der Waals surface area contributed by atoms with Crippen molar-refractivity contribution in [2.75, 3.05) is 31.6 Å². The highest BCUT2D eigenvalue weighted by molar-refractivity contribution is 5.89. The summed E-state index contributed by atoms with van der Waals surface area (Å²) in [4.78, 5) is 26.3. The molecule has 0 aromatic heterocycles. The normalized spacial score (nSPS) is 26.5. The van der Waals surface area contributed by atoms with Crippen LogP contribution in [0.2, 0.25) is 0 Å². The second-order valence-electron chi connectivity index (χ2n) is 7.95. The van der Waals surface area contributed by atoms with Gasteiger partial charge in [0, 0.05) is 12.2 Å². The number of benzene rings is 1. The Kier molecular flexibility index (Phi) is 7.96. The van der Waals surface area contributed by atoms with Crippen molar-refractivity contribution >= 4 is 17.6 Å². The van der Waals surface area contributed by atoms with Crippen molar-refractivity contribution in [3.63, 3.8) is 0 Å². The highest BCUT2D eigenvalue weighted by Crippen LogP contribution is 2.31. The lowest BCUT2D eigenvalue weighted by molar-refractivity contribution is -0.149. The number of halogens is 3. The van der Waals surface area contributed by atoms with Gasteiger partial charge in [0.15, 0.2) is 0 Å². The van der Waals surface area contributed by atoms with E-state index in [1.54, 1.807) is 0 Å². The van der Waals surface area contributed by atoms with Crippen LogP contribution in [-0.2, 0) is 20.4 Å². The number of fused-ring (bicyclic) bond motifs is 1. The van der Waals surface area contributed by atoms with E-state index < -0.39 is 36.0 Å². The van der Waals surface area contributed by atoms with Gasteiger partial charge in [0.2, 0.25) is 5.91 Å². The molecule has 4 atom stereocenters. The number of hydrogen-bond acceptors (Lipinski definition) is 5. The average Bonchev–Trinajstić information content (AvgIpc) is 2.71. The summed E-state index contributed by atoms with van der Waals surface area (Å²) >= 11 is 0. The molecular weight excluding hydrogens is 431 g/mol. The Morgan fingerprint density at radius 3 is 2.56 bits per heavy atom. The molecule has 2 heterocycles. The van der Waals surface area contributed by atoms with Gasteiger partial charge in [-0.1, -0.05) is 0 Å². The number of rotatable bonds is 4. The van der Waals surface area contributed by atoms with Crippen molar-refractivity contribution in [3.8, 4) is 0 Å². The molecule has 1 aromatic carbocycles. The molecule has 0 aliphatic carbocycles. The largest absolute Gasteiger partial charge is 0.416 e. The van der Waals surface area contributed by atoms with Gasteiger partial charge in [0.25, 0.3) is 0 Å². The summed E-state index contributed by atoms with van der Waals surface area (Å²) in [5, 5.41) is 15.5. The number of nitrogens with one attached hydrogen (secondary N) is 2. The summed E-state index contributed by atoms with van der Waals surface area (Å²) in [5.74, 6) is -0.116. The van der Waals surface area contributed by atoms with Gasteiger partial charge in [-0.15, -0.1) is 0 Å². The maximum absolute atomic E-state index is 13.0. The van der Waals surface area contributed by atoms with Gasteiger partial charge in [-0.05, 0) is 44.0 Å². The molecule has 178 valence electrons. The molecule has 2 fully saturated rings. The summed E-state index contributed by atoms with van der Waals surface area (Å²) in [5.41, 5.74) is -0.605. The Morgan fingerprint density at radius 2 is 1.91 bits per heavy atom. The van der Waals surface area contributed by atoms with Crippen LogP contribution < -0.4 is 10.6 Å². The maximum atomic E-state index is 13.0. The van der Waals surface area contributed by atoms with Crippen LogP contribution in [0.5, 0.6) is 0 Å². The maximum Gasteiger partial charge on any atom is 0.416 e. The first-order chi connectivity index (χ1) is 15.2. The van der Waals surface area contributed by atoms with E-state index >= 15 is 0 Å². The van der Waals surface area contributed by atoms with Crippen LogP contribution in [0.4, 0.5) is 23.7 Å². The predicted octanol–water partition coefficient (Wildman–Crippen LogP) is 2.37. The fourth-order valence-corrected chi connectivity index (χ4v) is 3.99. The number of alkyl halides is 3. The molecule has 3 rings (SSSR count). The van der Waals surface area contributed by atoms with Crippen molar-refractivity contribution in [1.82, 2.24) is 10.2 Å². The number of aliphatic hydroxyl groups excluding tert-OH is 1. The topological polar surface area (TPSA) is 100 Å². The molecule has 11 heteroatoms. The third kappa shape index (κ3) is 6.33. The zero-order valence-electron chi connectivity index (χ0n) is 17.7. The number of aliphatic hydroxyl groups is 1. The third-order valence-corrected chi connectivity index (χ3v) is 5.49. The number of hydrogen-bond donors (Lipinski definition) is 3. The number of amides is 3. The van der Waals surface area contributed by atoms with Crippen molar-refractivity contribution in [1.29, 1.82) is 0 Å². The minimum Gasteiger partial charge on any atom is -0.389 e. The number of carbonyl (C=O) groups excluding carboxylic acids is 2. The Bertz CT molecular complexity index is 790. The number of carbonyl (C=O) groups is 2. The van der Waals surface area contributed by atoms with Gasteiger partial charge in [-0.25, -0.2) is 4.79 Å². The molecule has 3 N–H and O–H groups in total. The Balaban J connectivity index is 1.69. The smallest absolute Gasteiger partial charge is 0.389 e. The standard InChI is InChI=1S/C21H28F3N3O5/c1-2-25-19(29)9-16-7-8-17-18(32-16)12-31-11-15(28)10-27(17)20(30)26-14-5-3-13(4-6-14)21(22,23)24/h3-6,15-18,28H,2,7-12H2,1H3,(H,25,29)(H,26,30)/t15-,16+,17-,18+/m1/s1. The minimum absolute atomic E-state index is 0.0115. The Labute approximate surface area is 184 Å². The molecule has 2 saturated heterocycles. The van der Waals surface area contributed by atoms with E-state index in [0.29, 0.717) is 19.4 Å². The second-order valence-corrected chi connectivity index (χ2v) is 7.95. The predicted molar refractivity (Wildman–Crippen MR) is 109 cm³/mol. The number of β-amino-alcohol motifs (C(OH)–C–C–N with tert-alkyl or cyclic N) is 1. The van der Waals surface area contributed by atoms with E-state index in [1.807, 2.05) is 6.92 Å².